The number of nitrogens with zero attached hydrogens (tertiary/aromatic N) is 5. The zero-order valence-electron chi connectivity index (χ0n) is 19.2. The van der Waals surface area contributed by atoms with Crippen LogP contribution in [0, 0.1) is 25.2 Å². The van der Waals surface area contributed by atoms with E-state index >= 15 is 0 Å². The third-order valence-corrected chi connectivity index (χ3v) is 6.83. The monoisotopic (exact) mass is 478 g/mol. The van der Waals surface area contributed by atoms with Crippen LogP contribution in [0.5, 0.6) is 0 Å². The van der Waals surface area contributed by atoms with Gasteiger partial charge in [0, 0.05) is 36.4 Å². The maximum Gasteiger partial charge on any atom is 0.410 e. The van der Waals surface area contributed by atoms with Gasteiger partial charge in [-0.05, 0) is 43.9 Å². The number of aryl methyl sites for hydroxylation is 3. The average Bonchev–Trinajstić information content (AvgIpc) is 3.35. The number of carbonyl (C=O) groups excluding carboxylic acids is 2. The molecule has 4 rings (SSSR count). The molecule has 0 unspecified atom stereocenters. The third kappa shape index (κ3) is 5.43. The van der Waals surface area contributed by atoms with Crippen LogP contribution in [0.4, 0.5) is 9.80 Å². The first kappa shape index (κ1) is 23.4. The summed E-state index contributed by atoms with van der Waals surface area (Å²) < 4.78 is 7.43. The molecule has 9 nitrogen and oxygen atoms in total. The molecule has 0 fully saturated rings. The fraction of sp³-hybridized carbons (Fsp3) is 0.375. The smallest absolute Gasteiger partial charge is 0.410 e. The number of nitriles is 1. The molecule has 1 aliphatic rings. The molecule has 0 aliphatic carbocycles. The Labute approximate surface area is 202 Å². The van der Waals surface area contributed by atoms with Crippen LogP contribution in [0.1, 0.15) is 39.5 Å². The number of nitrogens with one attached hydrogen (secondary N) is 1. The van der Waals surface area contributed by atoms with E-state index in [2.05, 4.69) is 21.4 Å². The molecule has 0 bridgehead atoms. The van der Waals surface area contributed by atoms with Crippen molar-refractivity contribution in [2.75, 3.05) is 18.5 Å². The number of imidazole rings is 1. The summed E-state index contributed by atoms with van der Waals surface area (Å²) >= 11 is 1.35. The molecule has 176 valence electrons. The highest BCUT2D eigenvalue weighted by Crippen LogP contribution is 2.36. The van der Waals surface area contributed by atoms with E-state index in [9.17, 15) is 14.9 Å². The second-order valence-electron chi connectivity index (χ2n) is 8.14. The lowest BCUT2D eigenvalue weighted by Gasteiger charge is -2.26. The van der Waals surface area contributed by atoms with E-state index < -0.39 is 0 Å². The zero-order chi connectivity index (χ0) is 24.1. The molecule has 1 N–H and O–H groups in total. The van der Waals surface area contributed by atoms with E-state index in [0.717, 1.165) is 27.5 Å². The van der Waals surface area contributed by atoms with Crippen LogP contribution in [0.3, 0.4) is 0 Å². The molecule has 3 aromatic rings. The summed E-state index contributed by atoms with van der Waals surface area (Å²) in [6, 6.07) is 5.99. The molecular formula is C24H26N6O3S. The molecule has 0 saturated heterocycles. The Balaban J connectivity index is 1.33. The van der Waals surface area contributed by atoms with Crippen LogP contribution in [-0.2, 0) is 35.5 Å². The number of carbonyl (C=O) groups is 2. The Kier molecular flexibility index (Phi) is 7.23. The van der Waals surface area contributed by atoms with Crippen LogP contribution in [0.2, 0.25) is 0 Å². The molecular weight excluding hydrogens is 452 g/mol. The van der Waals surface area contributed by atoms with Gasteiger partial charge < -0.3 is 19.5 Å². The molecule has 0 saturated carbocycles. The Morgan fingerprint density at radius 1 is 1.35 bits per heavy atom. The van der Waals surface area contributed by atoms with E-state index in [1.165, 1.54) is 11.3 Å². The molecule has 0 spiro atoms. The van der Waals surface area contributed by atoms with Gasteiger partial charge in [-0.2, -0.15) is 5.26 Å². The number of thiophene rings is 1. The van der Waals surface area contributed by atoms with Crippen molar-refractivity contribution in [3.05, 3.63) is 63.8 Å². The molecule has 0 radical (unpaired) electrons. The number of amides is 2. The van der Waals surface area contributed by atoms with Crippen LogP contribution in [-0.4, -0.2) is 44.6 Å². The van der Waals surface area contributed by atoms with Gasteiger partial charge in [-0.15, -0.1) is 11.3 Å². The van der Waals surface area contributed by atoms with Gasteiger partial charge in [0.05, 0.1) is 24.3 Å². The van der Waals surface area contributed by atoms with Gasteiger partial charge in [0.25, 0.3) is 0 Å². The number of hydrogen-bond donors (Lipinski definition) is 1. The second-order valence-corrected chi connectivity index (χ2v) is 9.24. The maximum absolute atomic E-state index is 12.6. The number of anilines is 1. The highest BCUT2D eigenvalue weighted by Gasteiger charge is 2.28. The predicted octanol–water partition coefficient (Wildman–Crippen LogP) is 3.59. The summed E-state index contributed by atoms with van der Waals surface area (Å²) in [5.74, 6) is 0.731. The Morgan fingerprint density at radius 3 is 2.91 bits per heavy atom. The number of rotatable bonds is 7. The minimum Gasteiger partial charge on any atom is -0.448 e. The fourth-order valence-corrected chi connectivity index (χ4v) is 5.20. The number of aromatic nitrogens is 3. The van der Waals surface area contributed by atoms with E-state index in [1.54, 1.807) is 17.3 Å². The number of fused-ring (bicyclic) bond motifs is 1. The first-order valence-electron chi connectivity index (χ1n) is 11.1. The van der Waals surface area contributed by atoms with Crippen molar-refractivity contribution in [1.82, 2.24) is 19.4 Å². The molecule has 2 amide bonds. The molecule has 34 heavy (non-hydrogen) atoms. The fourth-order valence-electron chi connectivity index (χ4n) is 3.97. The predicted molar refractivity (Wildman–Crippen MR) is 127 cm³/mol. The van der Waals surface area contributed by atoms with Crippen molar-refractivity contribution in [2.45, 2.75) is 46.2 Å². The standard InChI is InChI=1S/C24H26N6O3S/c1-16-14-29(17(2)27-16)10-11-33-24(32)30-9-7-19-20(12-25)23(34-21(19)15-30)28-22(31)6-5-18-4-3-8-26-13-18/h3-4,8,13-14H,5-7,9-11,15H2,1-2H3,(H,28,31). The Morgan fingerprint density at radius 2 is 2.21 bits per heavy atom. The van der Waals surface area contributed by atoms with Crippen LogP contribution in [0.15, 0.2) is 30.7 Å². The van der Waals surface area contributed by atoms with Gasteiger partial charge in [0.15, 0.2) is 0 Å². The zero-order valence-corrected chi connectivity index (χ0v) is 20.0. The van der Waals surface area contributed by atoms with E-state index in [1.807, 2.05) is 36.7 Å². The molecule has 4 heterocycles. The molecule has 1 aliphatic heterocycles. The summed E-state index contributed by atoms with van der Waals surface area (Å²) in [4.78, 5) is 36.0. The third-order valence-electron chi connectivity index (χ3n) is 5.70. The summed E-state index contributed by atoms with van der Waals surface area (Å²) in [7, 11) is 0. The summed E-state index contributed by atoms with van der Waals surface area (Å²) in [6.07, 6.45) is 6.41. The highest BCUT2D eigenvalue weighted by atomic mass is 32.1. The van der Waals surface area contributed by atoms with Crippen LogP contribution in [0.25, 0.3) is 0 Å². The number of ether oxygens (including phenoxy) is 1. The van der Waals surface area contributed by atoms with Gasteiger partial charge in [0.1, 0.15) is 23.5 Å². The SMILES string of the molecule is Cc1cn(CCOC(=O)N2CCc3c(sc(NC(=O)CCc4cccnc4)c3C#N)C2)c(C)n1. The molecule has 0 aromatic carbocycles. The molecule has 10 heteroatoms. The van der Waals surface area contributed by atoms with Gasteiger partial charge in [-0.1, -0.05) is 6.07 Å². The topological polar surface area (TPSA) is 113 Å². The highest BCUT2D eigenvalue weighted by molar-refractivity contribution is 7.16. The lowest BCUT2D eigenvalue weighted by Crippen LogP contribution is -2.36. The minimum atomic E-state index is -0.380. The first-order chi connectivity index (χ1) is 16.4. The maximum atomic E-state index is 12.6. The quantitative estimate of drug-likeness (QED) is 0.555. The van der Waals surface area contributed by atoms with Crippen molar-refractivity contribution in [1.29, 1.82) is 5.26 Å². The van der Waals surface area contributed by atoms with E-state index in [-0.39, 0.29) is 18.6 Å². The van der Waals surface area contributed by atoms with Crippen LogP contribution < -0.4 is 5.32 Å². The normalized spacial score (nSPS) is 12.7. The number of hydrogen-bond acceptors (Lipinski definition) is 7. The lowest BCUT2D eigenvalue weighted by molar-refractivity contribution is -0.116. The largest absolute Gasteiger partial charge is 0.448 e. The Hall–Kier alpha value is -3.71. The van der Waals surface area contributed by atoms with E-state index in [0.29, 0.717) is 49.5 Å². The Bertz CT molecular complexity index is 1230. The van der Waals surface area contributed by atoms with Gasteiger partial charge in [-0.3, -0.25) is 9.78 Å². The molecule has 3 aromatic heterocycles. The van der Waals surface area contributed by atoms with Gasteiger partial charge in [-0.25, -0.2) is 9.78 Å². The molecule has 0 atom stereocenters. The summed E-state index contributed by atoms with van der Waals surface area (Å²) in [6.45, 7) is 5.47. The summed E-state index contributed by atoms with van der Waals surface area (Å²) in [5, 5.41) is 13.1. The van der Waals surface area contributed by atoms with Crippen molar-refractivity contribution in [3.8, 4) is 6.07 Å². The van der Waals surface area contributed by atoms with Gasteiger partial charge >= 0.3 is 6.09 Å². The van der Waals surface area contributed by atoms with Crippen LogP contribution >= 0.6 is 11.3 Å². The van der Waals surface area contributed by atoms with Crippen molar-refractivity contribution < 1.29 is 14.3 Å². The minimum absolute atomic E-state index is 0.153. The van der Waals surface area contributed by atoms with E-state index in [4.69, 9.17) is 4.74 Å². The summed E-state index contributed by atoms with van der Waals surface area (Å²) in [5.41, 5.74) is 3.31. The lowest BCUT2D eigenvalue weighted by atomic mass is 10.0. The van der Waals surface area contributed by atoms with Crippen molar-refractivity contribution in [2.24, 2.45) is 0 Å². The second kappa shape index (κ2) is 10.5. The van der Waals surface area contributed by atoms with Gasteiger partial charge in [0.2, 0.25) is 5.91 Å². The van der Waals surface area contributed by atoms with Crippen molar-refractivity contribution in [3.63, 3.8) is 0 Å². The average molecular weight is 479 g/mol. The van der Waals surface area contributed by atoms with Crippen molar-refractivity contribution >= 4 is 28.3 Å². The number of pyridine rings is 1. The first-order valence-corrected chi connectivity index (χ1v) is 11.9.